The van der Waals surface area contributed by atoms with Gasteiger partial charge in [-0.3, -0.25) is 4.79 Å². The van der Waals surface area contributed by atoms with Gasteiger partial charge in [0, 0.05) is 37.8 Å². The van der Waals surface area contributed by atoms with Crippen molar-refractivity contribution in [3.63, 3.8) is 0 Å². The first-order valence-electron chi connectivity index (χ1n) is 7.71. The number of amides is 1. The van der Waals surface area contributed by atoms with E-state index in [-0.39, 0.29) is 5.92 Å². The van der Waals surface area contributed by atoms with Crippen molar-refractivity contribution in [1.82, 2.24) is 9.88 Å². The van der Waals surface area contributed by atoms with E-state index < -0.39 is 0 Å². The van der Waals surface area contributed by atoms with Crippen LogP contribution < -0.4 is 4.90 Å². The fourth-order valence-corrected chi connectivity index (χ4v) is 3.26. The van der Waals surface area contributed by atoms with Crippen molar-refractivity contribution < 1.29 is 4.79 Å². The van der Waals surface area contributed by atoms with E-state index in [1.807, 2.05) is 13.0 Å². The lowest BCUT2D eigenvalue weighted by Crippen LogP contribution is -2.41. The first kappa shape index (κ1) is 13.4. The third kappa shape index (κ3) is 2.79. The number of piperidine rings is 1. The highest BCUT2D eigenvalue weighted by atomic mass is 16.2. The first-order chi connectivity index (χ1) is 9.74. The molecule has 0 radical (unpaired) electrons. The molecule has 4 nitrogen and oxygen atoms in total. The van der Waals surface area contributed by atoms with E-state index in [2.05, 4.69) is 26.9 Å². The summed E-state index contributed by atoms with van der Waals surface area (Å²) in [5, 5.41) is 0. The summed E-state index contributed by atoms with van der Waals surface area (Å²) in [6, 6.07) is 6.14. The van der Waals surface area contributed by atoms with Gasteiger partial charge in [0.15, 0.2) is 0 Å². The van der Waals surface area contributed by atoms with Crippen LogP contribution in [0.3, 0.4) is 0 Å². The Hall–Kier alpha value is -1.58. The lowest BCUT2D eigenvalue weighted by atomic mass is 9.95. The summed E-state index contributed by atoms with van der Waals surface area (Å²) in [4.78, 5) is 21.3. The molecule has 4 heteroatoms. The van der Waals surface area contributed by atoms with E-state index in [1.165, 1.54) is 12.8 Å². The number of hydrogen-bond donors (Lipinski definition) is 0. The zero-order valence-corrected chi connectivity index (χ0v) is 12.2. The van der Waals surface area contributed by atoms with Gasteiger partial charge in [-0.05, 0) is 44.7 Å². The Morgan fingerprint density at radius 1 is 1.15 bits per heavy atom. The first-order valence-corrected chi connectivity index (χ1v) is 7.71. The van der Waals surface area contributed by atoms with Gasteiger partial charge >= 0.3 is 0 Å². The Balaban J connectivity index is 1.58. The minimum Gasteiger partial charge on any atom is -0.357 e. The smallest absolute Gasteiger partial charge is 0.225 e. The second kappa shape index (κ2) is 5.81. The number of carbonyl (C=O) groups excluding carboxylic acids is 1. The van der Waals surface area contributed by atoms with Gasteiger partial charge in [-0.25, -0.2) is 4.98 Å². The summed E-state index contributed by atoms with van der Waals surface area (Å²) in [6.45, 7) is 5.85. The molecule has 2 fully saturated rings. The highest BCUT2D eigenvalue weighted by Gasteiger charge is 2.30. The Bertz CT molecular complexity index is 474. The van der Waals surface area contributed by atoms with Crippen molar-refractivity contribution >= 4 is 11.7 Å². The minimum atomic E-state index is 0.231. The van der Waals surface area contributed by atoms with E-state index in [0.717, 1.165) is 50.5 Å². The molecule has 2 saturated heterocycles. The topological polar surface area (TPSA) is 36.4 Å². The highest BCUT2D eigenvalue weighted by molar-refractivity contribution is 5.79. The summed E-state index contributed by atoms with van der Waals surface area (Å²) in [5.74, 6) is 1.67. The Kier molecular flexibility index (Phi) is 3.90. The van der Waals surface area contributed by atoms with Crippen LogP contribution in [0.5, 0.6) is 0 Å². The molecule has 1 aromatic rings. The van der Waals surface area contributed by atoms with Gasteiger partial charge in [0.05, 0.1) is 0 Å². The summed E-state index contributed by atoms with van der Waals surface area (Å²) >= 11 is 0. The number of anilines is 1. The maximum Gasteiger partial charge on any atom is 0.225 e. The van der Waals surface area contributed by atoms with E-state index in [0.29, 0.717) is 5.91 Å². The average Bonchev–Trinajstić information content (AvgIpc) is 3.01. The lowest BCUT2D eigenvalue weighted by molar-refractivity contribution is -0.135. The van der Waals surface area contributed by atoms with E-state index in [9.17, 15) is 4.79 Å². The molecule has 0 spiro atoms. The minimum absolute atomic E-state index is 0.231. The van der Waals surface area contributed by atoms with Crippen LogP contribution in [0.1, 0.15) is 31.4 Å². The third-order valence-corrected chi connectivity index (χ3v) is 4.46. The largest absolute Gasteiger partial charge is 0.357 e. The predicted molar refractivity (Wildman–Crippen MR) is 79.7 cm³/mol. The molecular formula is C16H23N3O. The summed E-state index contributed by atoms with van der Waals surface area (Å²) < 4.78 is 0. The standard InChI is InChI=1S/C16H23N3O/c1-13-5-4-6-15(17-13)18-11-7-14(8-12-18)16(20)19-9-2-3-10-19/h4-6,14H,2-3,7-12H2,1H3. The maximum atomic E-state index is 12.4. The molecule has 0 N–H and O–H groups in total. The van der Waals surface area contributed by atoms with Crippen molar-refractivity contribution in [3.05, 3.63) is 23.9 Å². The molecule has 2 aliphatic rings. The molecule has 0 bridgehead atoms. The second-order valence-corrected chi connectivity index (χ2v) is 5.93. The molecule has 0 aromatic carbocycles. The molecule has 0 aliphatic carbocycles. The molecule has 2 aliphatic heterocycles. The Morgan fingerprint density at radius 3 is 2.50 bits per heavy atom. The van der Waals surface area contributed by atoms with Crippen LogP contribution in [0, 0.1) is 12.8 Å². The van der Waals surface area contributed by atoms with E-state index in [1.54, 1.807) is 0 Å². The van der Waals surface area contributed by atoms with Crippen molar-refractivity contribution in [2.75, 3.05) is 31.1 Å². The van der Waals surface area contributed by atoms with Gasteiger partial charge < -0.3 is 9.80 Å². The van der Waals surface area contributed by atoms with Gasteiger partial charge in [0.2, 0.25) is 5.91 Å². The fourth-order valence-electron chi connectivity index (χ4n) is 3.26. The summed E-state index contributed by atoms with van der Waals surface area (Å²) in [6.07, 6.45) is 4.28. The lowest BCUT2D eigenvalue weighted by Gasteiger charge is -2.33. The van der Waals surface area contributed by atoms with Gasteiger partial charge in [-0.15, -0.1) is 0 Å². The zero-order chi connectivity index (χ0) is 13.9. The number of carbonyl (C=O) groups is 1. The highest BCUT2D eigenvalue weighted by Crippen LogP contribution is 2.24. The average molecular weight is 273 g/mol. The Morgan fingerprint density at radius 2 is 1.85 bits per heavy atom. The number of pyridine rings is 1. The van der Waals surface area contributed by atoms with E-state index in [4.69, 9.17) is 0 Å². The molecule has 0 atom stereocenters. The van der Waals surface area contributed by atoms with Gasteiger partial charge in [-0.1, -0.05) is 6.07 Å². The fraction of sp³-hybridized carbons (Fsp3) is 0.625. The number of rotatable bonds is 2. The molecule has 0 saturated carbocycles. The van der Waals surface area contributed by atoms with Gasteiger partial charge in [0.1, 0.15) is 5.82 Å². The number of aromatic nitrogens is 1. The van der Waals surface area contributed by atoms with Crippen LogP contribution in [-0.4, -0.2) is 42.0 Å². The number of likely N-dealkylation sites (tertiary alicyclic amines) is 1. The van der Waals surface area contributed by atoms with Crippen molar-refractivity contribution in [3.8, 4) is 0 Å². The molecule has 1 aromatic heterocycles. The van der Waals surface area contributed by atoms with Gasteiger partial charge in [0.25, 0.3) is 0 Å². The van der Waals surface area contributed by atoms with Crippen LogP contribution in [0.2, 0.25) is 0 Å². The summed E-state index contributed by atoms with van der Waals surface area (Å²) in [5.41, 5.74) is 1.05. The van der Waals surface area contributed by atoms with Gasteiger partial charge in [-0.2, -0.15) is 0 Å². The maximum absolute atomic E-state index is 12.4. The van der Waals surface area contributed by atoms with Crippen LogP contribution in [0.25, 0.3) is 0 Å². The van der Waals surface area contributed by atoms with Crippen molar-refractivity contribution in [2.45, 2.75) is 32.6 Å². The molecule has 3 heterocycles. The van der Waals surface area contributed by atoms with Crippen molar-refractivity contribution in [1.29, 1.82) is 0 Å². The number of aryl methyl sites for hydroxylation is 1. The zero-order valence-electron chi connectivity index (χ0n) is 12.2. The van der Waals surface area contributed by atoms with Crippen LogP contribution in [0.15, 0.2) is 18.2 Å². The van der Waals surface area contributed by atoms with Crippen molar-refractivity contribution in [2.24, 2.45) is 5.92 Å². The monoisotopic (exact) mass is 273 g/mol. The summed E-state index contributed by atoms with van der Waals surface area (Å²) in [7, 11) is 0. The molecule has 20 heavy (non-hydrogen) atoms. The molecular weight excluding hydrogens is 250 g/mol. The normalized spacial score (nSPS) is 20.4. The number of hydrogen-bond acceptors (Lipinski definition) is 3. The SMILES string of the molecule is Cc1cccc(N2CCC(C(=O)N3CCCC3)CC2)n1. The molecule has 1 amide bonds. The van der Waals surface area contributed by atoms with Crippen LogP contribution >= 0.6 is 0 Å². The predicted octanol–water partition coefficient (Wildman–Crippen LogP) is 2.23. The quantitative estimate of drug-likeness (QED) is 0.829. The Labute approximate surface area is 120 Å². The van der Waals surface area contributed by atoms with Crippen LogP contribution in [0.4, 0.5) is 5.82 Å². The number of nitrogens with zero attached hydrogens (tertiary/aromatic N) is 3. The second-order valence-electron chi connectivity index (χ2n) is 5.93. The third-order valence-electron chi connectivity index (χ3n) is 4.46. The molecule has 3 rings (SSSR count). The van der Waals surface area contributed by atoms with E-state index >= 15 is 0 Å². The molecule has 0 unspecified atom stereocenters. The molecule has 108 valence electrons. The van der Waals surface area contributed by atoms with Crippen LogP contribution in [-0.2, 0) is 4.79 Å².